The number of hydrogen-bond acceptors (Lipinski definition) is 3. The average Bonchev–Trinajstić information content (AvgIpc) is 3.29. The molecule has 0 radical (unpaired) electrons. The highest BCUT2D eigenvalue weighted by molar-refractivity contribution is 5.94. The largest absolute Gasteiger partial charge is 0.497 e. The van der Waals surface area contributed by atoms with Gasteiger partial charge in [0.25, 0.3) is 5.91 Å². The zero-order valence-electron chi connectivity index (χ0n) is 21.7. The summed E-state index contributed by atoms with van der Waals surface area (Å²) in [6, 6.07) is 18.5. The number of amides is 1. The summed E-state index contributed by atoms with van der Waals surface area (Å²) in [6.45, 7) is 5.95. The summed E-state index contributed by atoms with van der Waals surface area (Å²) in [4.78, 5) is 17.3. The molecule has 3 aromatic carbocycles. The van der Waals surface area contributed by atoms with E-state index in [0.717, 1.165) is 17.4 Å². The number of benzene rings is 3. The monoisotopic (exact) mass is 528 g/mol. The minimum absolute atomic E-state index is 0.101. The fourth-order valence-electron chi connectivity index (χ4n) is 5.17. The van der Waals surface area contributed by atoms with Crippen LogP contribution in [0.1, 0.15) is 46.8 Å². The SMILES string of the molecule is COc1cccc(CN2C[C@H](CN(C(=O)c3ccc(F)cc3)C(C)C)[C@@H](c3cccc(C(F)(F)F)c3)C2)c1. The van der Waals surface area contributed by atoms with E-state index in [2.05, 4.69) is 4.90 Å². The van der Waals surface area contributed by atoms with Gasteiger partial charge in [0.15, 0.2) is 0 Å². The summed E-state index contributed by atoms with van der Waals surface area (Å²) >= 11 is 0. The van der Waals surface area contributed by atoms with Crippen LogP contribution in [0.25, 0.3) is 0 Å². The fourth-order valence-corrected chi connectivity index (χ4v) is 5.17. The van der Waals surface area contributed by atoms with Crippen molar-refractivity contribution in [2.45, 2.75) is 38.5 Å². The van der Waals surface area contributed by atoms with Gasteiger partial charge in [0, 0.05) is 43.7 Å². The van der Waals surface area contributed by atoms with Crippen molar-refractivity contribution in [3.63, 3.8) is 0 Å². The van der Waals surface area contributed by atoms with Gasteiger partial charge in [-0.2, -0.15) is 13.2 Å². The average molecular weight is 529 g/mol. The third-order valence-corrected chi connectivity index (χ3v) is 7.11. The van der Waals surface area contributed by atoms with Crippen molar-refractivity contribution >= 4 is 5.91 Å². The lowest BCUT2D eigenvalue weighted by molar-refractivity contribution is -0.137. The number of carbonyl (C=O) groups is 1. The molecule has 0 saturated carbocycles. The van der Waals surface area contributed by atoms with Crippen LogP contribution in [0.15, 0.2) is 72.8 Å². The van der Waals surface area contributed by atoms with Crippen molar-refractivity contribution < 1.29 is 27.1 Å². The van der Waals surface area contributed by atoms with Gasteiger partial charge in [0.2, 0.25) is 0 Å². The Balaban J connectivity index is 1.63. The van der Waals surface area contributed by atoms with Crippen molar-refractivity contribution in [3.8, 4) is 5.75 Å². The van der Waals surface area contributed by atoms with Crippen LogP contribution in [0.3, 0.4) is 0 Å². The van der Waals surface area contributed by atoms with Crippen molar-refractivity contribution in [3.05, 3.63) is 101 Å². The standard InChI is InChI=1S/C30H32F4N2O2/c1-20(2)36(29(37)22-10-12-26(31)13-11-22)18-24-17-35(16-21-6-4-9-27(14-21)38-3)19-28(24)23-7-5-8-25(15-23)30(32,33)34/h4-15,20,24,28H,16-19H2,1-3H3/t24-,28-/m1/s1. The second-order valence-electron chi connectivity index (χ2n) is 10.1. The Labute approximate surface area is 220 Å². The molecule has 1 fully saturated rings. The van der Waals surface area contributed by atoms with Gasteiger partial charge in [0.1, 0.15) is 11.6 Å². The smallest absolute Gasteiger partial charge is 0.416 e. The van der Waals surface area contributed by atoms with Gasteiger partial charge in [0.05, 0.1) is 12.7 Å². The molecule has 0 aliphatic carbocycles. The van der Waals surface area contributed by atoms with Gasteiger partial charge >= 0.3 is 6.18 Å². The van der Waals surface area contributed by atoms with E-state index < -0.39 is 17.6 Å². The van der Waals surface area contributed by atoms with Crippen LogP contribution in [0, 0.1) is 11.7 Å². The van der Waals surface area contributed by atoms with Gasteiger partial charge in [-0.05, 0) is 73.4 Å². The number of ether oxygens (including phenoxy) is 1. The van der Waals surface area contributed by atoms with Crippen molar-refractivity contribution in [2.24, 2.45) is 5.92 Å². The molecule has 1 saturated heterocycles. The Morgan fingerprint density at radius 2 is 1.74 bits per heavy atom. The number of methoxy groups -OCH3 is 1. The van der Waals surface area contributed by atoms with Gasteiger partial charge in [-0.1, -0.05) is 30.3 Å². The van der Waals surface area contributed by atoms with Gasteiger partial charge in [-0.25, -0.2) is 4.39 Å². The molecule has 2 atom stereocenters. The Hall–Kier alpha value is -3.39. The first-order chi connectivity index (χ1) is 18.0. The van der Waals surface area contributed by atoms with E-state index in [1.807, 2.05) is 38.1 Å². The number of carbonyl (C=O) groups excluding carboxylic acids is 1. The minimum Gasteiger partial charge on any atom is -0.497 e. The number of rotatable bonds is 8. The molecule has 4 nitrogen and oxygen atoms in total. The topological polar surface area (TPSA) is 32.8 Å². The summed E-state index contributed by atoms with van der Waals surface area (Å²) in [7, 11) is 1.60. The minimum atomic E-state index is -4.44. The molecular weight excluding hydrogens is 496 g/mol. The van der Waals surface area contributed by atoms with E-state index in [1.54, 1.807) is 18.1 Å². The van der Waals surface area contributed by atoms with E-state index in [1.165, 1.54) is 36.4 Å². The first-order valence-electron chi connectivity index (χ1n) is 12.6. The number of hydrogen-bond donors (Lipinski definition) is 0. The number of halogens is 4. The highest BCUT2D eigenvalue weighted by Crippen LogP contribution is 2.38. The summed E-state index contributed by atoms with van der Waals surface area (Å²) in [6.07, 6.45) is -4.44. The predicted molar refractivity (Wildman–Crippen MR) is 139 cm³/mol. The zero-order chi connectivity index (χ0) is 27.4. The normalized spacial score (nSPS) is 18.1. The molecule has 3 aromatic rings. The van der Waals surface area contributed by atoms with Crippen LogP contribution in [0.5, 0.6) is 5.75 Å². The lowest BCUT2D eigenvalue weighted by atomic mass is 9.87. The van der Waals surface area contributed by atoms with Crippen LogP contribution >= 0.6 is 0 Å². The maximum Gasteiger partial charge on any atom is 0.416 e. The first kappa shape index (κ1) is 27.6. The summed E-state index contributed by atoms with van der Waals surface area (Å²) in [5.41, 5.74) is 1.34. The molecule has 0 unspecified atom stereocenters. The fraction of sp³-hybridized carbons (Fsp3) is 0.367. The number of likely N-dealkylation sites (tertiary alicyclic amines) is 1. The molecule has 38 heavy (non-hydrogen) atoms. The maximum absolute atomic E-state index is 13.5. The van der Waals surface area contributed by atoms with Crippen molar-refractivity contribution in [1.82, 2.24) is 9.80 Å². The highest BCUT2D eigenvalue weighted by Gasteiger charge is 2.38. The molecule has 8 heteroatoms. The molecule has 1 aliphatic rings. The lowest BCUT2D eigenvalue weighted by Crippen LogP contribution is -2.42. The molecule has 4 rings (SSSR count). The molecule has 1 amide bonds. The molecule has 202 valence electrons. The molecule has 1 heterocycles. The highest BCUT2D eigenvalue weighted by atomic mass is 19.4. The van der Waals surface area contributed by atoms with Crippen LogP contribution in [-0.4, -0.2) is 48.5 Å². The van der Waals surface area contributed by atoms with E-state index in [0.29, 0.717) is 37.3 Å². The second kappa shape index (κ2) is 11.6. The van der Waals surface area contributed by atoms with E-state index >= 15 is 0 Å². The second-order valence-corrected chi connectivity index (χ2v) is 10.1. The molecule has 0 N–H and O–H groups in total. The summed E-state index contributed by atoms with van der Waals surface area (Å²) in [5, 5.41) is 0. The summed E-state index contributed by atoms with van der Waals surface area (Å²) < 4.78 is 59.4. The maximum atomic E-state index is 13.5. The quantitative estimate of drug-likeness (QED) is 0.308. The molecule has 1 aliphatic heterocycles. The van der Waals surface area contributed by atoms with Crippen molar-refractivity contribution in [2.75, 3.05) is 26.7 Å². The van der Waals surface area contributed by atoms with Gasteiger partial charge in [-0.3, -0.25) is 9.69 Å². The molecule has 0 spiro atoms. The van der Waals surface area contributed by atoms with E-state index in [4.69, 9.17) is 4.74 Å². The van der Waals surface area contributed by atoms with E-state index in [-0.39, 0.29) is 23.8 Å². The van der Waals surface area contributed by atoms with Crippen molar-refractivity contribution in [1.29, 1.82) is 0 Å². The lowest BCUT2D eigenvalue weighted by Gasteiger charge is -2.32. The Morgan fingerprint density at radius 3 is 2.39 bits per heavy atom. The van der Waals surface area contributed by atoms with Crippen LogP contribution in [0.2, 0.25) is 0 Å². The Morgan fingerprint density at radius 1 is 1.03 bits per heavy atom. The van der Waals surface area contributed by atoms with Crippen LogP contribution in [0.4, 0.5) is 17.6 Å². The van der Waals surface area contributed by atoms with Crippen LogP contribution in [-0.2, 0) is 12.7 Å². The molecule has 0 aromatic heterocycles. The zero-order valence-corrected chi connectivity index (χ0v) is 21.7. The number of nitrogens with zero attached hydrogens (tertiary/aromatic N) is 2. The number of alkyl halides is 3. The van der Waals surface area contributed by atoms with Crippen LogP contribution < -0.4 is 4.74 Å². The van der Waals surface area contributed by atoms with Gasteiger partial charge < -0.3 is 9.64 Å². The molecular formula is C30H32F4N2O2. The van der Waals surface area contributed by atoms with E-state index in [9.17, 15) is 22.4 Å². The Kier molecular flexibility index (Phi) is 8.41. The predicted octanol–water partition coefficient (Wildman–Crippen LogP) is 6.62. The summed E-state index contributed by atoms with van der Waals surface area (Å²) in [5.74, 6) is -0.218. The third-order valence-electron chi connectivity index (χ3n) is 7.11. The Bertz CT molecular complexity index is 1240. The first-order valence-corrected chi connectivity index (χ1v) is 12.6. The third kappa shape index (κ3) is 6.54. The molecule has 0 bridgehead atoms. The van der Waals surface area contributed by atoms with Gasteiger partial charge in [-0.15, -0.1) is 0 Å².